The van der Waals surface area contributed by atoms with E-state index in [2.05, 4.69) is 17.3 Å². The van der Waals surface area contributed by atoms with Crippen molar-refractivity contribution in [2.24, 2.45) is 10.9 Å². The van der Waals surface area contributed by atoms with E-state index in [1.165, 1.54) is 11.1 Å². The van der Waals surface area contributed by atoms with Gasteiger partial charge in [0.2, 0.25) is 0 Å². The zero-order chi connectivity index (χ0) is 15.1. The van der Waals surface area contributed by atoms with Gasteiger partial charge in [0.1, 0.15) is 5.84 Å². The van der Waals surface area contributed by atoms with Crippen LogP contribution in [0.2, 0.25) is 5.02 Å². The fraction of sp³-hybridized carbons (Fsp3) is 0.188. The molecule has 0 spiro atoms. The highest BCUT2D eigenvalue weighted by Crippen LogP contribution is 2.34. The molecule has 0 bridgehead atoms. The second-order valence-electron chi connectivity index (χ2n) is 4.63. The first-order chi connectivity index (χ1) is 10.2. The van der Waals surface area contributed by atoms with Gasteiger partial charge in [-0.2, -0.15) is 0 Å². The van der Waals surface area contributed by atoms with Crippen molar-refractivity contribution in [3.05, 3.63) is 70.7 Å². The van der Waals surface area contributed by atoms with Crippen molar-refractivity contribution in [1.29, 1.82) is 0 Å². The van der Waals surface area contributed by atoms with Crippen LogP contribution in [0.4, 0.5) is 0 Å². The number of thioether (sulfide) groups is 1. The van der Waals surface area contributed by atoms with E-state index in [9.17, 15) is 0 Å². The maximum Gasteiger partial charge on any atom is 0.140 e. The van der Waals surface area contributed by atoms with Gasteiger partial charge >= 0.3 is 0 Å². The smallest absolute Gasteiger partial charge is 0.140 e. The summed E-state index contributed by atoms with van der Waals surface area (Å²) < 4.78 is 0. The van der Waals surface area contributed by atoms with E-state index in [-0.39, 0.29) is 11.1 Å². The van der Waals surface area contributed by atoms with Crippen molar-refractivity contribution in [3.8, 4) is 0 Å². The lowest BCUT2D eigenvalue weighted by Gasteiger charge is -2.16. The Morgan fingerprint density at radius 3 is 2.43 bits per heavy atom. The van der Waals surface area contributed by atoms with Gasteiger partial charge < -0.3 is 10.9 Å². The zero-order valence-corrected chi connectivity index (χ0v) is 13.0. The van der Waals surface area contributed by atoms with E-state index in [0.29, 0.717) is 6.42 Å². The van der Waals surface area contributed by atoms with Crippen molar-refractivity contribution in [2.75, 3.05) is 0 Å². The highest BCUT2D eigenvalue weighted by atomic mass is 35.5. The number of halogens is 1. The summed E-state index contributed by atoms with van der Waals surface area (Å²) in [6.07, 6.45) is 0.513. The Bertz CT molecular complexity index is 587. The lowest BCUT2D eigenvalue weighted by Crippen LogP contribution is -2.14. The number of nitrogens with two attached hydrogens (primary N) is 1. The SMILES string of the molecule is N/C(CC(SCc1ccc(Cl)cc1)c1ccccc1)=N/O. The van der Waals surface area contributed by atoms with Crippen LogP contribution in [-0.2, 0) is 5.75 Å². The first kappa shape index (κ1) is 15.7. The molecular weight excluding hydrogens is 304 g/mol. The molecule has 5 heteroatoms. The predicted octanol–water partition coefficient (Wildman–Crippen LogP) is 4.45. The van der Waals surface area contributed by atoms with Crippen LogP contribution in [-0.4, -0.2) is 11.0 Å². The molecule has 3 N–H and O–H groups in total. The van der Waals surface area contributed by atoms with Gasteiger partial charge in [0.05, 0.1) is 0 Å². The van der Waals surface area contributed by atoms with Crippen molar-refractivity contribution in [2.45, 2.75) is 17.4 Å². The second kappa shape index (κ2) is 7.96. The summed E-state index contributed by atoms with van der Waals surface area (Å²) in [7, 11) is 0. The molecule has 0 heterocycles. The van der Waals surface area contributed by atoms with Gasteiger partial charge in [-0.15, -0.1) is 11.8 Å². The molecule has 3 nitrogen and oxygen atoms in total. The molecule has 2 rings (SSSR count). The van der Waals surface area contributed by atoms with E-state index < -0.39 is 0 Å². The molecule has 21 heavy (non-hydrogen) atoms. The summed E-state index contributed by atoms with van der Waals surface area (Å²) in [4.78, 5) is 0. The lowest BCUT2D eigenvalue weighted by atomic mass is 10.1. The Hall–Kier alpha value is -1.65. The van der Waals surface area contributed by atoms with Gasteiger partial charge in [-0.1, -0.05) is 59.2 Å². The fourth-order valence-corrected chi connectivity index (χ4v) is 3.30. The Kier molecular flexibility index (Phi) is 5.96. The van der Waals surface area contributed by atoms with E-state index >= 15 is 0 Å². The molecule has 0 radical (unpaired) electrons. The Morgan fingerprint density at radius 1 is 1.14 bits per heavy atom. The summed E-state index contributed by atoms with van der Waals surface area (Å²) in [5.74, 6) is 1.09. The summed E-state index contributed by atoms with van der Waals surface area (Å²) >= 11 is 7.65. The normalized spacial score (nSPS) is 13.1. The maximum absolute atomic E-state index is 8.79. The minimum Gasteiger partial charge on any atom is -0.409 e. The number of oxime groups is 1. The maximum atomic E-state index is 8.79. The van der Waals surface area contributed by atoms with Crippen LogP contribution in [0.5, 0.6) is 0 Å². The average Bonchev–Trinajstić information content (AvgIpc) is 2.53. The number of nitrogens with zero attached hydrogens (tertiary/aromatic N) is 1. The molecule has 0 aromatic heterocycles. The van der Waals surface area contributed by atoms with Crippen LogP contribution in [0.25, 0.3) is 0 Å². The van der Waals surface area contributed by atoms with Gasteiger partial charge in [-0.3, -0.25) is 0 Å². The molecule has 0 aliphatic carbocycles. The molecule has 0 fully saturated rings. The van der Waals surface area contributed by atoms with E-state index in [0.717, 1.165) is 10.8 Å². The minimum absolute atomic E-state index is 0.151. The average molecular weight is 321 g/mol. The van der Waals surface area contributed by atoms with Crippen LogP contribution in [0.1, 0.15) is 22.8 Å². The minimum atomic E-state index is 0.151. The summed E-state index contributed by atoms with van der Waals surface area (Å²) in [5, 5.41) is 12.8. The van der Waals surface area contributed by atoms with E-state index in [4.69, 9.17) is 22.5 Å². The molecule has 1 atom stereocenters. The third-order valence-corrected chi connectivity index (χ3v) is 4.65. The standard InChI is InChI=1S/C16H17ClN2OS/c17-14-8-6-12(7-9-14)11-21-15(10-16(18)19-20)13-4-2-1-3-5-13/h1-9,15,20H,10-11H2,(H2,18,19). The van der Waals surface area contributed by atoms with E-state index in [1.807, 2.05) is 42.5 Å². The van der Waals surface area contributed by atoms with Crippen LogP contribution in [0.3, 0.4) is 0 Å². The van der Waals surface area contributed by atoms with Gasteiger partial charge in [-0.05, 0) is 23.3 Å². The third-order valence-electron chi connectivity index (χ3n) is 3.06. The van der Waals surface area contributed by atoms with Crippen LogP contribution >= 0.6 is 23.4 Å². The number of hydrogen-bond acceptors (Lipinski definition) is 3. The highest BCUT2D eigenvalue weighted by Gasteiger charge is 2.14. The molecule has 0 aliphatic heterocycles. The third kappa shape index (κ3) is 4.99. The van der Waals surface area contributed by atoms with Gasteiger partial charge in [-0.25, -0.2) is 0 Å². The highest BCUT2D eigenvalue weighted by molar-refractivity contribution is 7.98. The lowest BCUT2D eigenvalue weighted by molar-refractivity contribution is 0.317. The molecule has 0 aliphatic rings. The van der Waals surface area contributed by atoms with Crippen molar-refractivity contribution < 1.29 is 5.21 Å². The monoisotopic (exact) mass is 320 g/mol. The van der Waals surface area contributed by atoms with Crippen LogP contribution in [0.15, 0.2) is 59.8 Å². The van der Waals surface area contributed by atoms with E-state index in [1.54, 1.807) is 11.8 Å². The van der Waals surface area contributed by atoms with Crippen LogP contribution < -0.4 is 5.73 Å². The van der Waals surface area contributed by atoms with Gasteiger partial charge in [0, 0.05) is 22.4 Å². The predicted molar refractivity (Wildman–Crippen MR) is 90.0 cm³/mol. The van der Waals surface area contributed by atoms with Gasteiger partial charge in [0.15, 0.2) is 0 Å². The molecule has 110 valence electrons. The molecule has 2 aromatic rings. The molecule has 2 aromatic carbocycles. The quantitative estimate of drug-likeness (QED) is 0.358. The first-order valence-corrected chi connectivity index (χ1v) is 7.99. The second-order valence-corrected chi connectivity index (χ2v) is 6.26. The number of rotatable bonds is 6. The molecule has 0 saturated heterocycles. The summed E-state index contributed by atoms with van der Waals surface area (Å²) in [6.45, 7) is 0. The van der Waals surface area contributed by atoms with Crippen molar-refractivity contribution in [3.63, 3.8) is 0 Å². The van der Waals surface area contributed by atoms with Crippen LogP contribution in [0, 0.1) is 0 Å². The number of hydrogen-bond donors (Lipinski definition) is 2. The fourth-order valence-electron chi connectivity index (χ4n) is 1.95. The van der Waals surface area contributed by atoms with Crippen molar-refractivity contribution >= 4 is 29.2 Å². The first-order valence-electron chi connectivity index (χ1n) is 6.56. The molecule has 0 saturated carbocycles. The molecule has 1 unspecified atom stereocenters. The number of benzene rings is 2. The molecular formula is C16H17ClN2OS. The Balaban J connectivity index is 2.07. The summed E-state index contributed by atoms with van der Waals surface area (Å²) in [5.41, 5.74) is 8.04. The Morgan fingerprint density at radius 2 is 1.81 bits per heavy atom. The zero-order valence-electron chi connectivity index (χ0n) is 11.4. The topological polar surface area (TPSA) is 58.6 Å². The number of amidine groups is 1. The largest absolute Gasteiger partial charge is 0.409 e. The molecule has 0 amide bonds. The van der Waals surface area contributed by atoms with Crippen molar-refractivity contribution in [1.82, 2.24) is 0 Å². The Labute approximate surface area is 133 Å². The summed E-state index contributed by atoms with van der Waals surface area (Å²) in [6, 6.07) is 17.9. The van der Waals surface area contributed by atoms with Gasteiger partial charge in [0.25, 0.3) is 0 Å².